The fourth-order valence-corrected chi connectivity index (χ4v) is 3.72. The molecule has 0 amide bonds. The Bertz CT molecular complexity index is 486. The predicted molar refractivity (Wildman–Crippen MR) is 64.7 cm³/mol. The molecular weight excluding hydrogens is 262 g/mol. The number of rotatable bonds is 3. The summed E-state index contributed by atoms with van der Waals surface area (Å²) in [4.78, 5) is 7.43. The highest BCUT2D eigenvalue weighted by Crippen LogP contribution is 2.17. The van der Waals surface area contributed by atoms with Gasteiger partial charge in [0.25, 0.3) is 0 Å². The van der Waals surface area contributed by atoms with Gasteiger partial charge < -0.3 is 5.32 Å². The maximum Gasteiger partial charge on any atom is 0.223 e. The average molecular weight is 276 g/mol. The van der Waals surface area contributed by atoms with Crippen molar-refractivity contribution in [2.75, 3.05) is 18.8 Å². The van der Waals surface area contributed by atoms with Crippen LogP contribution in [0.2, 0.25) is 5.28 Å². The summed E-state index contributed by atoms with van der Waals surface area (Å²) in [6.07, 6.45) is 3.32. The van der Waals surface area contributed by atoms with Gasteiger partial charge in [-0.15, -0.1) is 0 Å². The number of hydrogen-bond donors (Lipinski definition) is 1. The third kappa shape index (κ3) is 3.37. The Hall–Kier alpha value is -0.720. The van der Waals surface area contributed by atoms with Crippen molar-refractivity contribution >= 4 is 21.4 Å². The number of sulfone groups is 1. The van der Waals surface area contributed by atoms with Crippen LogP contribution in [0.25, 0.3) is 0 Å². The molecule has 1 aromatic heterocycles. The lowest BCUT2D eigenvalue weighted by molar-refractivity contribution is 0.403. The van der Waals surface area contributed by atoms with Crippen molar-refractivity contribution in [1.29, 1.82) is 0 Å². The Labute approximate surface area is 106 Å². The average Bonchev–Trinajstić information content (AvgIpc) is 2.30. The van der Waals surface area contributed by atoms with E-state index in [2.05, 4.69) is 15.3 Å². The molecule has 5 nitrogen and oxygen atoms in total. The largest absolute Gasteiger partial charge is 0.316 e. The molecule has 2 heterocycles. The second kappa shape index (κ2) is 5.29. The van der Waals surface area contributed by atoms with E-state index < -0.39 is 9.84 Å². The number of nitrogens with one attached hydrogen (secondary N) is 1. The fourth-order valence-electron chi connectivity index (χ4n) is 1.95. The molecule has 0 saturated carbocycles. The van der Waals surface area contributed by atoms with Crippen LogP contribution >= 0.6 is 11.6 Å². The van der Waals surface area contributed by atoms with E-state index in [1.807, 2.05) is 0 Å². The van der Waals surface area contributed by atoms with Gasteiger partial charge in [-0.1, -0.05) is 0 Å². The summed E-state index contributed by atoms with van der Waals surface area (Å²) < 4.78 is 24.2. The number of nitrogens with zero attached hydrogens (tertiary/aromatic N) is 2. The topological polar surface area (TPSA) is 72.0 Å². The molecule has 94 valence electrons. The van der Waals surface area contributed by atoms with E-state index >= 15 is 0 Å². The first kappa shape index (κ1) is 12.7. The quantitative estimate of drug-likeness (QED) is 0.656. The summed E-state index contributed by atoms with van der Waals surface area (Å²) in [6, 6.07) is 1.39. The van der Waals surface area contributed by atoms with Gasteiger partial charge in [0.15, 0.2) is 14.9 Å². The SMILES string of the molecule is O=S(=O)(C[C@H]1CCCNC1)c1ccnc(Cl)n1. The van der Waals surface area contributed by atoms with Gasteiger partial charge in [0.1, 0.15) is 0 Å². The van der Waals surface area contributed by atoms with Gasteiger partial charge in [0.2, 0.25) is 5.28 Å². The van der Waals surface area contributed by atoms with Crippen molar-refractivity contribution in [3.63, 3.8) is 0 Å². The highest BCUT2D eigenvalue weighted by molar-refractivity contribution is 7.91. The first-order chi connectivity index (χ1) is 8.08. The second-order valence-corrected chi connectivity index (χ2v) is 6.48. The minimum Gasteiger partial charge on any atom is -0.316 e. The molecule has 17 heavy (non-hydrogen) atoms. The van der Waals surface area contributed by atoms with Gasteiger partial charge >= 0.3 is 0 Å². The summed E-state index contributed by atoms with van der Waals surface area (Å²) in [7, 11) is -3.36. The molecule has 0 aliphatic carbocycles. The van der Waals surface area contributed by atoms with Gasteiger partial charge in [0.05, 0.1) is 5.75 Å². The first-order valence-corrected chi connectivity index (χ1v) is 7.53. The molecule has 1 aliphatic rings. The molecule has 1 fully saturated rings. The molecule has 1 N–H and O–H groups in total. The Balaban J connectivity index is 2.13. The second-order valence-electron chi connectivity index (χ2n) is 4.16. The lowest BCUT2D eigenvalue weighted by atomic mass is 10.0. The summed E-state index contributed by atoms with van der Waals surface area (Å²) in [5, 5.41) is 3.18. The van der Waals surface area contributed by atoms with E-state index in [9.17, 15) is 8.42 Å². The Morgan fingerprint density at radius 1 is 1.53 bits per heavy atom. The van der Waals surface area contributed by atoms with Crippen LogP contribution in [0.15, 0.2) is 17.3 Å². The predicted octanol–water partition coefficient (Wildman–Crippen LogP) is 0.903. The maximum absolute atomic E-state index is 12.1. The lowest BCUT2D eigenvalue weighted by Crippen LogP contribution is -2.34. The van der Waals surface area contributed by atoms with Crippen molar-refractivity contribution < 1.29 is 8.42 Å². The molecule has 2 rings (SSSR count). The lowest BCUT2D eigenvalue weighted by Gasteiger charge is -2.22. The van der Waals surface area contributed by atoms with Crippen LogP contribution in [0, 0.1) is 5.92 Å². The molecule has 0 aromatic carbocycles. The third-order valence-corrected chi connectivity index (χ3v) is 4.73. The van der Waals surface area contributed by atoms with Crippen LogP contribution in [0.3, 0.4) is 0 Å². The van der Waals surface area contributed by atoms with Crippen LogP contribution in [0.4, 0.5) is 0 Å². The molecule has 0 bridgehead atoms. The van der Waals surface area contributed by atoms with E-state index in [1.165, 1.54) is 12.3 Å². The minimum absolute atomic E-state index is 0.0167. The zero-order valence-electron chi connectivity index (χ0n) is 9.26. The zero-order valence-corrected chi connectivity index (χ0v) is 10.8. The van der Waals surface area contributed by atoms with Gasteiger partial charge in [-0.3, -0.25) is 0 Å². The first-order valence-electron chi connectivity index (χ1n) is 5.50. The number of piperidine rings is 1. The normalized spacial score (nSPS) is 21.4. The van der Waals surface area contributed by atoms with Crippen LogP contribution in [-0.2, 0) is 9.84 Å². The van der Waals surface area contributed by atoms with Crippen LogP contribution in [0.5, 0.6) is 0 Å². The highest BCUT2D eigenvalue weighted by Gasteiger charge is 2.24. The number of halogens is 1. The summed E-state index contributed by atoms with van der Waals surface area (Å²) >= 11 is 5.59. The molecule has 0 radical (unpaired) electrons. The van der Waals surface area contributed by atoms with Crippen molar-refractivity contribution in [3.8, 4) is 0 Å². The number of hydrogen-bond acceptors (Lipinski definition) is 5. The molecule has 1 aromatic rings. The Morgan fingerprint density at radius 3 is 3.00 bits per heavy atom. The van der Waals surface area contributed by atoms with Gasteiger partial charge in [0, 0.05) is 6.20 Å². The van der Waals surface area contributed by atoms with E-state index in [-0.39, 0.29) is 22.0 Å². The van der Waals surface area contributed by atoms with Crippen molar-refractivity contribution in [2.45, 2.75) is 17.9 Å². The summed E-state index contributed by atoms with van der Waals surface area (Å²) in [6.45, 7) is 1.72. The zero-order chi connectivity index (χ0) is 12.3. The molecule has 0 unspecified atom stereocenters. The molecule has 1 saturated heterocycles. The van der Waals surface area contributed by atoms with Crippen LogP contribution in [-0.4, -0.2) is 37.2 Å². The fraction of sp³-hybridized carbons (Fsp3) is 0.600. The van der Waals surface area contributed by atoms with Crippen LogP contribution < -0.4 is 5.32 Å². The smallest absolute Gasteiger partial charge is 0.223 e. The summed E-state index contributed by atoms with van der Waals surface area (Å²) in [5.74, 6) is 0.273. The van der Waals surface area contributed by atoms with E-state index in [0.717, 1.165) is 25.9 Å². The van der Waals surface area contributed by atoms with E-state index in [1.54, 1.807) is 0 Å². The number of aromatic nitrogens is 2. The third-order valence-electron chi connectivity index (χ3n) is 2.77. The van der Waals surface area contributed by atoms with Crippen molar-refractivity contribution in [1.82, 2.24) is 15.3 Å². The Kier molecular flexibility index (Phi) is 3.96. The van der Waals surface area contributed by atoms with E-state index in [4.69, 9.17) is 11.6 Å². The molecule has 0 spiro atoms. The van der Waals surface area contributed by atoms with Crippen LogP contribution in [0.1, 0.15) is 12.8 Å². The van der Waals surface area contributed by atoms with Crippen molar-refractivity contribution in [3.05, 3.63) is 17.5 Å². The van der Waals surface area contributed by atoms with Gasteiger partial charge in [-0.2, -0.15) is 0 Å². The van der Waals surface area contributed by atoms with E-state index in [0.29, 0.717) is 0 Å². The molecule has 1 atom stereocenters. The molecular formula is C10H14ClN3O2S. The van der Waals surface area contributed by atoms with Gasteiger partial charge in [-0.25, -0.2) is 18.4 Å². The molecule has 7 heteroatoms. The van der Waals surface area contributed by atoms with Gasteiger partial charge in [-0.05, 0) is 49.5 Å². The summed E-state index contributed by atoms with van der Waals surface area (Å²) in [5.41, 5.74) is 0. The van der Waals surface area contributed by atoms with Crippen molar-refractivity contribution in [2.24, 2.45) is 5.92 Å². The monoisotopic (exact) mass is 275 g/mol. The minimum atomic E-state index is -3.36. The Morgan fingerprint density at radius 2 is 2.35 bits per heavy atom. The highest BCUT2D eigenvalue weighted by atomic mass is 35.5. The maximum atomic E-state index is 12.1. The molecule has 1 aliphatic heterocycles. The standard InChI is InChI=1S/C10H14ClN3O2S/c11-10-13-5-3-9(14-10)17(15,16)7-8-2-1-4-12-6-8/h3,5,8,12H,1-2,4,6-7H2/t8-/m0/s1.